The molecular formula is C13H18F3NO2. The Kier molecular flexibility index (Phi) is 6.49. The minimum Gasteiger partial charge on any atom is -0.494 e. The molecule has 1 rings (SSSR count). The van der Waals surface area contributed by atoms with Gasteiger partial charge in [0.2, 0.25) is 0 Å². The van der Waals surface area contributed by atoms with E-state index in [0.29, 0.717) is 12.4 Å². The van der Waals surface area contributed by atoms with Gasteiger partial charge in [0.15, 0.2) is 0 Å². The molecule has 0 radical (unpaired) electrons. The van der Waals surface area contributed by atoms with Gasteiger partial charge in [-0.25, -0.2) is 0 Å². The number of alkyl halides is 3. The molecule has 3 nitrogen and oxygen atoms in total. The van der Waals surface area contributed by atoms with Crippen LogP contribution in [0.1, 0.15) is 19.3 Å². The van der Waals surface area contributed by atoms with Gasteiger partial charge in [-0.2, -0.15) is 0 Å². The van der Waals surface area contributed by atoms with Crippen LogP contribution < -0.4 is 14.8 Å². The Balaban J connectivity index is 2.25. The lowest BCUT2D eigenvalue weighted by atomic mass is 10.2. The van der Waals surface area contributed by atoms with E-state index in [2.05, 4.69) is 10.1 Å². The Hall–Kier alpha value is -1.43. The quantitative estimate of drug-likeness (QED) is 0.739. The van der Waals surface area contributed by atoms with E-state index in [4.69, 9.17) is 4.74 Å². The fraction of sp³-hybridized carbons (Fsp3) is 0.538. The summed E-state index contributed by atoms with van der Waals surface area (Å²) < 4.78 is 45.0. The van der Waals surface area contributed by atoms with Gasteiger partial charge in [0.05, 0.1) is 6.61 Å². The van der Waals surface area contributed by atoms with Crippen LogP contribution in [0.5, 0.6) is 11.5 Å². The minimum atomic E-state index is -4.66. The van der Waals surface area contributed by atoms with Crippen LogP contribution >= 0.6 is 0 Å². The van der Waals surface area contributed by atoms with Gasteiger partial charge >= 0.3 is 6.36 Å². The molecule has 1 aromatic carbocycles. The summed E-state index contributed by atoms with van der Waals surface area (Å²) in [6.45, 7) is 1.53. The summed E-state index contributed by atoms with van der Waals surface area (Å²) in [5.41, 5.74) is 0. The molecule has 0 saturated heterocycles. The molecule has 0 aliphatic heterocycles. The maximum Gasteiger partial charge on any atom is 0.573 e. The standard InChI is InChI=1S/C13H18F3NO2/c1-17-9-3-2-4-10-18-11-5-7-12(8-6-11)19-13(14,15)16/h5-8,17H,2-4,9-10H2,1H3. The van der Waals surface area contributed by atoms with Crippen LogP contribution in [-0.2, 0) is 0 Å². The summed E-state index contributed by atoms with van der Waals surface area (Å²) in [6.07, 6.45) is -1.60. The first-order valence-corrected chi connectivity index (χ1v) is 6.14. The Bertz CT molecular complexity index is 352. The lowest BCUT2D eigenvalue weighted by molar-refractivity contribution is -0.274. The van der Waals surface area contributed by atoms with Crippen LogP contribution in [0.15, 0.2) is 24.3 Å². The highest BCUT2D eigenvalue weighted by molar-refractivity contribution is 5.31. The van der Waals surface area contributed by atoms with Crippen molar-refractivity contribution < 1.29 is 22.6 Å². The lowest BCUT2D eigenvalue weighted by Crippen LogP contribution is -2.16. The molecule has 0 saturated carbocycles. The number of hydrogen-bond donors (Lipinski definition) is 1. The third-order valence-corrected chi connectivity index (χ3v) is 2.40. The van der Waals surface area contributed by atoms with E-state index in [9.17, 15) is 13.2 Å². The van der Waals surface area contributed by atoms with Crippen LogP contribution in [0.25, 0.3) is 0 Å². The van der Waals surface area contributed by atoms with E-state index in [1.807, 2.05) is 7.05 Å². The summed E-state index contributed by atoms with van der Waals surface area (Å²) in [4.78, 5) is 0. The first kappa shape index (κ1) is 15.6. The molecule has 1 aromatic rings. The van der Waals surface area contributed by atoms with Crippen LogP contribution in [0, 0.1) is 0 Å². The van der Waals surface area contributed by atoms with Crippen molar-refractivity contribution in [2.75, 3.05) is 20.2 Å². The second-order valence-electron chi connectivity index (χ2n) is 4.03. The summed E-state index contributed by atoms with van der Waals surface area (Å²) in [5, 5.41) is 3.05. The highest BCUT2D eigenvalue weighted by Gasteiger charge is 2.30. The number of hydrogen-bond acceptors (Lipinski definition) is 3. The van der Waals surface area contributed by atoms with Gasteiger partial charge in [-0.1, -0.05) is 0 Å². The third-order valence-electron chi connectivity index (χ3n) is 2.40. The molecule has 6 heteroatoms. The van der Waals surface area contributed by atoms with Gasteiger partial charge in [0.1, 0.15) is 11.5 Å². The van der Waals surface area contributed by atoms with Crippen molar-refractivity contribution in [3.63, 3.8) is 0 Å². The van der Waals surface area contributed by atoms with E-state index >= 15 is 0 Å². The Morgan fingerprint density at radius 3 is 2.21 bits per heavy atom. The number of ether oxygens (including phenoxy) is 2. The largest absolute Gasteiger partial charge is 0.573 e. The maximum atomic E-state index is 11.9. The van der Waals surface area contributed by atoms with E-state index < -0.39 is 6.36 Å². The van der Waals surface area contributed by atoms with Crippen LogP contribution in [0.3, 0.4) is 0 Å². The fourth-order valence-electron chi connectivity index (χ4n) is 1.51. The number of nitrogens with one attached hydrogen (secondary N) is 1. The molecule has 0 unspecified atom stereocenters. The average molecular weight is 277 g/mol. The topological polar surface area (TPSA) is 30.5 Å². The highest BCUT2D eigenvalue weighted by atomic mass is 19.4. The van der Waals surface area contributed by atoms with Crippen LogP contribution in [0.2, 0.25) is 0 Å². The second kappa shape index (κ2) is 7.89. The molecule has 0 spiro atoms. The van der Waals surface area contributed by atoms with Gasteiger partial charge in [0, 0.05) is 0 Å². The van der Waals surface area contributed by atoms with Gasteiger partial charge in [-0.15, -0.1) is 13.2 Å². The molecule has 1 N–H and O–H groups in total. The van der Waals surface area contributed by atoms with Crippen molar-refractivity contribution in [2.24, 2.45) is 0 Å². The molecule has 0 amide bonds. The van der Waals surface area contributed by atoms with Crippen molar-refractivity contribution in [3.8, 4) is 11.5 Å². The average Bonchev–Trinajstić information content (AvgIpc) is 2.34. The zero-order valence-electron chi connectivity index (χ0n) is 10.8. The molecule has 0 heterocycles. The predicted octanol–water partition coefficient (Wildman–Crippen LogP) is 3.35. The molecule has 19 heavy (non-hydrogen) atoms. The second-order valence-corrected chi connectivity index (χ2v) is 4.03. The Labute approximate surface area is 110 Å². The molecule has 0 aliphatic carbocycles. The zero-order chi connectivity index (χ0) is 14.1. The van der Waals surface area contributed by atoms with Crippen molar-refractivity contribution in [1.29, 1.82) is 0 Å². The lowest BCUT2D eigenvalue weighted by Gasteiger charge is -2.10. The molecule has 0 fully saturated rings. The monoisotopic (exact) mass is 277 g/mol. The smallest absolute Gasteiger partial charge is 0.494 e. The fourth-order valence-corrected chi connectivity index (χ4v) is 1.51. The normalized spacial score (nSPS) is 11.4. The molecule has 0 aromatic heterocycles. The first-order chi connectivity index (χ1) is 9.01. The van der Waals surface area contributed by atoms with Crippen LogP contribution in [0.4, 0.5) is 13.2 Å². The van der Waals surface area contributed by atoms with Gasteiger partial charge in [-0.3, -0.25) is 0 Å². The van der Waals surface area contributed by atoms with E-state index in [-0.39, 0.29) is 5.75 Å². The van der Waals surface area contributed by atoms with E-state index in [1.54, 1.807) is 0 Å². The van der Waals surface area contributed by atoms with Crippen molar-refractivity contribution in [3.05, 3.63) is 24.3 Å². The number of benzene rings is 1. The molecular weight excluding hydrogens is 259 g/mol. The van der Waals surface area contributed by atoms with Crippen molar-refractivity contribution in [2.45, 2.75) is 25.6 Å². The Morgan fingerprint density at radius 2 is 1.63 bits per heavy atom. The summed E-state index contributed by atoms with van der Waals surface area (Å²) in [5.74, 6) is 0.303. The number of halogens is 3. The molecule has 108 valence electrons. The summed E-state index contributed by atoms with van der Waals surface area (Å²) in [6, 6.07) is 5.41. The SMILES string of the molecule is CNCCCCCOc1ccc(OC(F)(F)F)cc1. The van der Waals surface area contributed by atoms with E-state index in [0.717, 1.165) is 25.8 Å². The third kappa shape index (κ3) is 7.56. The summed E-state index contributed by atoms with van der Waals surface area (Å²) >= 11 is 0. The van der Waals surface area contributed by atoms with Crippen molar-refractivity contribution in [1.82, 2.24) is 5.32 Å². The molecule has 0 bridgehead atoms. The number of rotatable bonds is 8. The highest BCUT2D eigenvalue weighted by Crippen LogP contribution is 2.24. The predicted molar refractivity (Wildman–Crippen MR) is 66.4 cm³/mol. The maximum absolute atomic E-state index is 11.9. The van der Waals surface area contributed by atoms with Gasteiger partial charge in [0.25, 0.3) is 0 Å². The van der Waals surface area contributed by atoms with E-state index in [1.165, 1.54) is 24.3 Å². The summed E-state index contributed by atoms with van der Waals surface area (Å²) in [7, 11) is 1.90. The Morgan fingerprint density at radius 1 is 1.00 bits per heavy atom. The van der Waals surface area contributed by atoms with Gasteiger partial charge in [-0.05, 0) is 57.1 Å². The minimum absolute atomic E-state index is 0.242. The molecule has 0 aliphatic rings. The van der Waals surface area contributed by atoms with Crippen LogP contribution in [-0.4, -0.2) is 26.6 Å². The van der Waals surface area contributed by atoms with Crippen molar-refractivity contribution >= 4 is 0 Å². The first-order valence-electron chi connectivity index (χ1n) is 6.14. The molecule has 0 atom stereocenters. The van der Waals surface area contributed by atoms with Gasteiger partial charge < -0.3 is 14.8 Å². The number of unbranched alkanes of at least 4 members (excludes halogenated alkanes) is 2. The zero-order valence-corrected chi connectivity index (χ0v) is 10.8.